The second kappa shape index (κ2) is 10.5. The molecule has 33 heavy (non-hydrogen) atoms. The molecule has 2 heterocycles. The molecule has 2 aromatic heterocycles. The van der Waals surface area contributed by atoms with Crippen molar-refractivity contribution in [1.29, 1.82) is 0 Å². The van der Waals surface area contributed by atoms with Crippen LogP contribution in [0.15, 0.2) is 65.5 Å². The van der Waals surface area contributed by atoms with Crippen LogP contribution in [-0.4, -0.2) is 25.9 Å². The number of halogens is 1. The number of rotatable bonds is 10. The molecule has 0 atom stereocenters. The molecule has 0 aliphatic carbocycles. The minimum Gasteiger partial charge on any atom is -0.484 e. The van der Waals surface area contributed by atoms with E-state index in [1.165, 1.54) is 24.0 Å². The molecular weight excluding hydrogens is 425 g/mol. The lowest BCUT2D eigenvalue weighted by Crippen LogP contribution is -2.12. The molecule has 0 aliphatic heterocycles. The molecule has 0 unspecified atom stereocenters. The largest absolute Gasteiger partial charge is 0.484 e. The summed E-state index contributed by atoms with van der Waals surface area (Å²) in [6, 6.07) is 12.2. The fraction of sp³-hybridized carbons (Fsp3) is 0.250. The molecule has 170 valence electrons. The SMILES string of the molecule is Cc1cc(NC(=O)c2coc(COc3ccc(CCCCn4ccnn4)cc3)n2)ccc1F. The summed E-state index contributed by atoms with van der Waals surface area (Å²) in [6.45, 7) is 2.59. The molecule has 9 heteroatoms. The highest BCUT2D eigenvalue weighted by molar-refractivity contribution is 6.02. The van der Waals surface area contributed by atoms with E-state index in [-0.39, 0.29) is 24.0 Å². The van der Waals surface area contributed by atoms with E-state index in [0.717, 1.165) is 25.8 Å². The number of anilines is 1. The predicted molar refractivity (Wildman–Crippen MR) is 119 cm³/mol. The molecule has 0 radical (unpaired) electrons. The van der Waals surface area contributed by atoms with Gasteiger partial charge in [0.05, 0.1) is 6.20 Å². The van der Waals surface area contributed by atoms with E-state index in [4.69, 9.17) is 9.15 Å². The first kappa shape index (κ1) is 22.2. The van der Waals surface area contributed by atoms with Crippen molar-refractivity contribution < 1.29 is 18.3 Å². The number of amides is 1. The maximum atomic E-state index is 13.4. The van der Waals surface area contributed by atoms with Crippen LogP contribution in [-0.2, 0) is 19.6 Å². The van der Waals surface area contributed by atoms with Gasteiger partial charge in [-0.2, -0.15) is 0 Å². The minimum absolute atomic E-state index is 0.0974. The smallest absolute Gasteiger partial charge is 0.277 e. The van der Waals surface area contributed by atoms with Crippen molar-refractivity contribution >= 4 is 11.6 Å². The molecule has 1 amide bonds. The summed E-state index contributed by atoms with van der Waals surface area (Å²) >= 11 is 0. The van der Waals surface area contributed by atoms with E-state index in [9.17, 15) is 9.18 Å². The summed E-state index contributed by atoms with van der Waals surface area (Å²) < 4.78 is 26.3. The van der Waals surface area contributed by atoms with Crippen molar-refractivity contribution in [1.82, 2.24) is 20.0 Å². The number of aromatic nitrogens is 4. The monoisotopic (exact) mass is 449 g/mol. The van der Waals surface area contributed by atoms with Gasteiger partial charge in [-0.15, -0.1) is 5.10 Å². The van der Waals surface area contributed by atoms with Gasteiger partial charge in [-0.05, 0) is 67.6 Å². The Bertz CT molecular complexity index is 1190. The maximum Gasteiger partial charge on any atom is 0.277 e. The minimum atomic E-state index is -0.441. The van der Waals surface area contributed by atoms with Gasteiger partial charge < -0.3 is 14.5 Å². The van der Waals surface area contributed by atoms with Gasteiger partial charge in [0.1, 0.15) is 17.8 Å². The number of oxazole rings is 1. The van der Waals surface area contributed by atoms with Crippen molar-refractivity contribution in [3.05, 3.63) is 89.7 Å². The highest BCUT2D eigenvalue weighted by atomic mass is 19.1. The van der Waals surface area contributed by atoms with Crippen LogP contribution < -0.4 is 10.1 Å². The first-order valence-corrected chi connectivity index (χ1v) is 10.6. The topological polar surface area (TPSA) is 95.1 Å². The highest BCUT2D eigenvalue weighted by Crippen LogP contribution is 2.17. The van der Waals surface area contributed by atoms with Gasteiger partial charge in [0.2, 0.25) is 5.89 Å². The third kappa shape index (κ3) is 6.25. The van der Waals surface area contributed by atoms with Crippen LogP contribution in [0.4, 0.5) is 10.1 Å². The van der Waals surface area contributed by atoms with Gasteiger partial charge in [-0.3, -0.25) is 9.48 Å². The Hall–Kier alpha value is -4.01. The molecule has 2 aromatic carbocycles. The molecule has 0 saturated heterocycles. The quantitative estimate of drug-likeness (QED) is 0.357. The van der Waals surface area contributed by atoms with E-state index >= 15 is 0 Å². The van der Waals surface area contributed by atoms with Crippen LogP contribution >= 0.6 is 0 Å². The molecule has 8 nitrogen and oxygen atoms in total. The molecule has 0 saturated carbocycles. The number of hydrogen-bond donors (Lipinski definition) is 1. The Morgan fingerprint density at radius 2 is 2.03 bits per heavy atom. The molecule has 0 fully saturated rings. The van der Waals surface area contributed by atoms with Crippen molar-refractivity contribution in [3.63, 3.8) is 0 Å². The third-order valence-electron chi connectivity index (χ3n) is 5.06. The Morgan fingerprint density at radius 1 is 1.18 bits per heavy atom. The number of carbonyl (C=O) groups excluding carboxylic acids is 1. The zero-order valence-corrected chi connectivity index (χ0v) is 18.2. The van der Waals surface area contributed by atoms with Gasteiger partial charge in [0.15, 0.2) is 12.3 Å². The molecule has 1 N–H and O–H groups in total. The average Bonchev–Trinajstić information content (AvgIpc) is 3.51. The van der Waals surface area contributed by atoms with Crippen LogP contribution in [0.3, 0.4) is 0 Å². The van der Waals surface area contributed by atoms with Crippen molar-refractivity contribution in [2.45, 2.75) is 39.3 Å². The number of aryl methyl sites for hydroxylation is 3. The van der Waals surface area contributed by atoms with E-state index in [1.54, 1.807) is 19.2 Å². The lowest BCUT2D eigenvalue weighted by Gasteiger charge is -2.06. The number of nitrogens with one attached hydrogen (secondary N) is 1. The number of carbonyl (C=O) groups is 1. The van der Waals surface area contributed by atoms with Gasteiger partial charge in [0.25, 0.3) is 5.91 Å². The van der Waals surface area contributed by atoms with E-state index in [0.29, 0.717) is 17.0 Å². The second-order valence-electron chi connectivity index (χ2n) is 7.60. The van der Waals surface area contributed by atoms with Gasteiger partial charge in [-0.1, -0.05) is 17.3 Å². The standard InChI is InChI=1S/C24H24FN5O3/c1-17-14-19(7-10-21(17)25)27-24(31)22-15-33-23(28-22)16-32-20-8-5-18(6-9-20)4-2-3-12-30-13-11-26-29-30/h5-11,13-15H,2-4,12,16H2,1H3,(H,27,31). The van der Waals surface area contributed by atoms with Crippen molar-refractivity contribution in [3.8, 4) is 5.75 Å². The average molecular weight is 449 g/mol. The van der Waals surface area contributed by atoms with E-state index < -0.39 is 5.91 Å². The summed E-state index contributed by atoms with van der Waals surface area (Å²) in [5, 5.41) is 10.4. The first-order chi connectivity index (χ1) is 16.1. The number of benzene rings is 2. The van der Waals surface area contributed by atoms with Gasteiger partial charge in [-0.25, -0.2) is 9.37 Å². The molecule has 0 aliphatic rings. The van der Waals surface area contributed by atoms with Crippen LogP contribution in [0.2, 0.25) is 0 Å². The summed E-state index contributed by atoms with van der Waals surface area (Å²) in [5.41, 5.74) is 2.28. The Morgan fingerprint density at radius 3 is 2.79 bits per heavy atom. The van der Waals surface area contributed by atoms with Crippen LogP contribution in [0, 0.1) is 12.7 Å². The number of ether oxygens (including phenoxy) is 1. The number of hydrogen-bond acceptors (Lipinski definition) is 6. The second-order valence-corrected chi connectivity index (χ2v) is 7.60. The van der Waals surface area contributed by atoms with Crippen LogP contribution in [0.25, 0.3) is 0 Å². The third-order valence-corrected chi connectivity index (χ3v) is 5.06. The fourth-order valence-electron chi connectivity index (χ4n) is 3.25. The lowest BCUT2D eigenvalue weighted by molar-refractivity contribution is 0.102. The molecule has 4 rings (SSSR count). The highest BCUT2D eigenvalue weighted by Gasteiger charge is 2.13. The summed E-state index contributed by atoms with van der Waals surface area (Å²) in [5.74, 6) is 0.203. The van der Waals surface area contributed by atoms with E-state index in [2.05, 4.69) is 20.6 Å². The predicted octanol–water partition coefficient (Wildman–Crippen LogP) is 4.57. The lowest BCUT2D eigenvalue weighted by atomic mass is 10.1. The zero-order chi connectivity index (χ0) is 23.0. The normalized spacial score (nSPS) is 10.8. The fourth-order valence-corrected chi connectivity index (χ4v) is 3.25. The molecule has 4 aromatic rings. The molecule has 0 spiro atoms. The van der Waals surface area contributed by atoms with Crippen LogP contribution in [0.5, 0.6) is 5.75 Å². The van der Waals surface area contributed by atoms with E-state index in [1.807, 2.05) is 35.1 Å². The summed E-state index contributed by atoms with van der Waals surface area (Å²) in [4.78, 5) is 16.5. The van der Waals surface area contributed by atoms with Crippen LogP contribution in [0.1, 0.15) is 40.3 Å². The van der Waals surface area contributed by atoms with Crippen molar-refractivity contribution in [2.75, 3.05) is 5.32 Å². The Kier molecular flexibility index (Phi) is 7.09. The molecule has 0 bridgehead atoms. The Balaban J connectivity index is 1.22. The Labute approximate surface area is 190 Å². The summed E-state index contributed by atoms with van der Waals surface area (Å²) in [6.07, 6.45) is 7.87. The van der Waals surface area contributed by atoms with Gasteiger partial charge >= 0.3 is 0 Å². The zero-order valence-electron chi connectivity index (χ0n) is 18.2. The summed E-state index contributed by atoms with van der Waals surface area (Å²) in [7, 11) is 0. The van der Waals surface area contributed by atoms with Gasteiger partial charge in [0, 0.05) is 18.4 Å². The maximum absolute atomic E-state index is 13.4. The number of nitrogens with zero attached hydrogens (tertiary/aromatic N) is 4. The number of unbranched alkanes of at least 4 members (excludes halogenated alkanes) is 1. The first-order valence-electron chi connectivity index (χ1n) is 10.6. The molecular formula is C24H24FN5O3. The van der Waals surface area contributed by atoms with Crippen molar-refractivity contribution in [2.24, 2.45) is 0 Å².